The van der Waals surface area contributed by atoms with Gasteiger partial charge >= 0.3 is 0 Å². The van der Waals surface area contributed by atoms with Crippen molar-refractivity contribution in [3.63, 3.8) is 0 Å². The maximum atomic E-state index is 13.6. The van der Waals surface area contributed by atoms with Crippen molar-refractivity contribution < 1.29 is 24.2 Å². The number of aryl methyl sites for hydroxylation is 1. The van der Waals surface area contributed by atoms with Crippen molar-refractivity contribution >= 4 is 23.1 Å². The highest BCUT2D eigenvalue weighted by molar-refractivity contribution is 6.51. The molecular weight excluding hydrogens is 502 g/mol. The van der Waals surface area contributed by atoms with Crippen LogP contribution in [-0.4, -0.2) is 23.4 Å². The Kier molecular flexibility index (Phi) is 7.69. The first-order chi connectivity index (χ1) is 19.3. The van der Waals surface area contributed by atoms with Gasteiger partial charge in [-0.1, -0.05) is 74.0 Å². The molecule has 6 heteroatoms. The molecule has 0 aromatic heterocycles. The summed E-state index contributed by atoms with van der Waals surface area (Å²) in [5.74, 6) is 0.362. The smallest absolute Gasteiger partial charge is 0.300 e. The number of benzene rings is 4. The average molecular weight is 534 g/mol. The molecule has 40 heavy (non-hydrogen) atoms. The Hall–Kier alpha value is -4.84. The van der Waals surface area contributed by atoms with Crippen LogP contribution in [0.2, 0.25) is 0 Å². The Bertz CT molecular complexity index is 1560. The third-order valence-electron chi connectivity index (χ3n) is 6.60. The van der Waals surface area contributed by atoms with Gasteiger partial charge in [0.25, 0.3) is 11.7 Å². The molecule has 6 nitrogen and oxygen atoms in total. The van der Waals surface area contributed by atoms with Crippen LogP contribution in [0.5, 0.6) is 17.2 Å². The van der Waals surface area contributed by atoms with Gasteiger partial charge < -0.3 is 14.6 Å². The summed E-state index contributed by atoms with van der Waals surface area (Å²) in [6.07, 6.45) is 0. The van der Waals surface area contributed by atoms with Crippen LogP contribution in [0.3, 0.4) is 0 Å². The summed E-state index contributed by atoms with van der Waals surface area (Å²) in [5.41, 5.74) is 2.60. The van der Waals surface area contributed by atoms with Gasteiger partial charge in [0.1, 0.15) is 23.0 Å². The van der Waals surface area contributed by atoms with Gasteiger partial charge in [0.05, 0.1) is 18.2 Å². The lowest BCUT2D eigenvalue weighted by atomic mass is 9.95. The number of aliphatic hydroxyl groups excluding tert-OH is 1. The maximum absolute atomic E-state index is 13.6. The third kappa shape index (κ3) is 5.61. The molecule has 0 radical (unpaired) electrons. The van der Waals surface area contributed by atoms with E-state index in [0.29, 0.717) is 46.6 Å². The highest BCUT2D eigenvalue weighted by Crippen LogP contribution is 2.43. The average Bonchev–Trinajstić information content (AvgIpc) is 3.23. The fraction of sp³-hybridized carbons (Fsp3) is 0.176. The molecule has 1 amide bonds. The molecule has 1 fully saturated rings. The zero-order chi connectivity index (χ0) is 28.2. The Balaban J connectivity index is 1.62. The number of Topliss-reactive ketones (excluding diaryl/α,β-unsaturated/α-hetero) is 1. The predicted octanol–water partition coefficient (Wildman–Crippen LogP) is 7.45. The molecule has 1 N–H and O–H groups in total. The predicted molar refractivity (Wildman–Crippen MR) is 156 cm³/mol. The van der Waals surface area contributed by atoms with Crippen LogP contribution >= 0.6 is 0 Å². The minimum absolute atomic E-state index is 0.00319. The van der Waals surface area contributed by atoms with Gasteiger partial charge in [0, 0.05) is 11.3 Å². The van der Waals surface area contributed by atoms with Crippen molar-refractivity contribution in [3.05, 3.63) is 125 Å². The topological polar surface area (TPSA) is 76.1 Å². The molecule has 1 atom stereocenters. The van der Waals surface area contributed by atoms with Gasteiger partial charge in [-0.05, 0) is 66.9 Å². The number of para-hydroxylation sites is 1. The van der Waals surface area contributed by atoms with Crippen LogP contribution in [0.15, 0.2) is 109 Å². The van der Waals surface area contributed by atoms with Crippen molar-refractivity contribution in [2.75, 3.05) is 11.5 Å². The minimum atomic E-state index is -0.873. The maximum Gasteiger partial charge on any atom is 0.300 e. The van der Waals surface area contributed by atoms with E-state index in [-0.39, 0.29) is 11.3 Å². The summed E-state index contributed by atoms with van der Waals surface area (Å²) >= 11 is 0. The summed E-state index contributed by atoms with van der Waals surface area (Å²) in [5, 5.41) is 11.5. The van der Waals surface area contributed by atoms with Crippen molar-refractivity contribution in [1.82, 2.24) is 0 Å². The molecule has 1 heterocycles. The lowest BCUT2D eigenvalue weighted by Gasteiger charge is -2.26. The summed E-state index contributed by atoms with van der Waals surface area (Å²) < 4.78 is 11.9. The molecule has 4 aromatic rings. The molecule has 1 aliphatic rings. The van der Waals surface area contributed by atoms with Gasteiger partial charge in [-0.3, -0.25) is 14.5 Å². The second kappa shape index (κ2) is 11.5. The Morgan fingerprint density at radius 2 is 1.50 bits per heavy atom. The largest absolute Gasteiger partial charge is 0.507 e. The van der Waals surface area contributed by atoms with Crippen molar-refractivity contribution in [1.29, 1.82) is 0 Å². The first-order valence-corrected chi connectivity index (χ1v) is 13.3. The molecule has 1 aliphatic heterocycles. The van der Waals surface area contributed by atoms with E-state index in [1.165, 1.54) is 4.90 Å². The quantitative estimate of drug-likeness (QED) is 0.145. The number of amides is 1. The fourth-order valence-corrected chi connectivity index (χ4v) is 4.64. The van der Waals surface area contributed by atoms with Crippen LogP contribution in [0.4, 0.5) is 5.69 Å². The molecule has 0 bridgehead atoms. The molecule has 1 unspecified atom stereocenters. The summed E-state index contributed by atoms with van der Waals surface area (Å²) in [6, 6.07) is 30.0. The highest BCUT2D eigenvalue weighted by Gasteiger charge is 2.47. The first kappa shape index (κ1) is 26.8. The van der Waals surface area contributed by atoms with E-state index >= 15 is 0 Å². The number of hydrogen-bond donors (Lipinski definition) is 1. The van der Waals surface area contributed by atoms with E-state index in [1.54, 1.807) is 42.5 Å². The molecule has 0 spiro atoms. The molecule has 0 saturated carbocycles. The van der Waals surface area contributed by atoms with Crippen LogP contribution in [0.1, 0.15) is 36.6 Å². The van der Waals surface area contributed by atoms with Gasteiger partial charge in [-0.2, -0.15) is 0 Å². The number of ketones is 1. The van der Waals surface area contributed by atoms with E-state index in [9.17, 15) is 14.7 Å². The molecule has 5 rings (SSSR count). The number of hydrogen-bond acceptors (Lipinski definition) is 5. The minimum Gasteiger partial charge on any atom is -0.507 e. The van der Waals surface area contributed by atoms with Crippen LogP contribution in [-0.2, 0) is 9.59 Å². The second-order valence-electron chi connectivity index (χ2n) is 10.2. The number of ether oxygens (including phenoxy) is 2. The number of anilines is 1. The summed E-state index contributed by atoms with van der Waals surface area (Å²) in [4.78, 5) is 28.5. The van der Waals surface area contributed by atoms with Crippen molar-refractivity contribution in [2.24, 2.45) is 5.92 Å². The number of carbonyl (C=O) groups excluding carboxylic acids is 2. The second-order valence-corrected chi connectivity index (χ2v) is 10.2. The normalized spacial score (nSPS) is 16.4. The first-order valence-electron chi connectivity index (χ1n) is 13.3. The molecule has 1 saturated heterocycles. The summed E-state index contributed by atoms with van der Waals surface area (Å²) in [7, 11) is 0. The zero-order valence-corrected chi connectivity index (χ0v) is 22.7. The van der Waals surface area contributed by atoms with Gasteiger partial charge in [-0.25, -0.2) is 0 Å². The van der Waals surface area contributed by atoms with E-state index in [0.717, 1.165) is 5.56 Å². The van der Waals surface area contributed by atoms with E-state index < -0.39 is 17.7 Å². The van der Waals surface area contributed by atoms with Crippen LogP contribution in [0, 0.1) is 12.8 Å². The fourth-order valence-electron chi connectivity index (χ4n) is 4.64. The molecular formula is C34H31NO5. The lowest BCUT2D eigenvalue weighted by molar-refractivity contribution is -0.132. The Morgan fingerprint density at radius 3 is 2.23 bits per heavy atom. The number of carbonyl (C=O) groups is 2. The van der Waals surface area contributed by atoms with Gasteiger partial charge in [-0.15, -0.1) is 0 Å². The molecule has 0 aliphatic carbocycles. The molecule has 202 valence electrons. The van der Waals surface area contributed by atoms with Gasteiger partial charge in [0.2, 0.25) is 0 Å². The monoisotopic (exact) mass is 533 g/mol. The SMILES string of the molecule is Cc1ccc(N2C(=O)C(=O)/C(=C(\O)c3cccc(OCC(C)C)c3)C2c2cccc(Oc3ccccc3)c2)cc1. The van der Waals surface area contributed by atoms with Crippen LogP contribution in [0.25, 0.3) is 5.76 Å². The number of nitrogens with zero attached hydrogens (tertiary/aromatic N) is 1. The standard InChI is InChI=1S/C34H31NO5/c1-22(2)21-39-28-13-8-10-25(20-28)32(36)30-31(35(34(38)33(30)37)26-17-15-23(3)16-18-26)24-9-7-14-29(19-24)40-27-11-5-4-6-12-27/h4-20,22,31,36H,21H2,1-3H3/b32-30-. The van der Waals surface area contributed by atoms with E-state index in [1.807, 2.05) is 81.4 Å². The molecule has 4 aromatic carbocycles. The third-order valence-corrected chi connectivity index (χ3v) is 6.60. The zero-order valence-electron chi connectivity index (χ0n) is 22.7. The van der Waals surface area contributed by atoms with E-state index in [4.69, 9.17) is 9.47 Å². The number of aliphatic hydroxyl groups is 1. The van der Waals surface area contributed by atoms with Crippen molar-refractivity contribution in [3.8, 4) is 17.2 Å². The Labute approximate surface area is 234 Å². The highest BCUT2D eigenvalue weighted by atomic mass is 16.5. The Morgan fingerprint density at radius 1 is 0.825 bits per heavy atom. The summed E-state index contributed by atoms with van der Waals surface area (Å²) in [6.45, 7) is 6.56. The van der Waals surface area contributed by atoms with E-state index in [2.05, 4.69) is 0 Å². The lowest BCUT2D eigenvalue weighted by Crippen LogP contribution is -2.29. The van der Waals surface area contributed by atoms with Gasteiger partial charge in [0.15, 0.2) is 0 Å². The van der Waals surface area contributed by atoms with Crippen LogP contribution < -0.4 is 14.4 Å². The number of rotatable bonds is 8. The van der Waals surface area contributed by atoms with Crippen molar-refractivity contribution in [2.45, 2.75) is 26.8 Å².